The van der Waals surface area contributed by atoms with E-state index >= 15 is 0 Å². The first kappa shape index (κ1) is 12.1. The van der Waals surface area contributed by atoms with Gasteiger partial charge in [-0.05, 0) is 19.1 Å². The molecule has 0 fully saturated rings. The molecule has 0 saturated carbocycles. The lowest BCUT2D eigenvalue weighted by atomic mass is 10.2. The van der Waals surface area contributed by atoms with Gasteiger partial charge in [0.25, 0.3) is 0 Å². The van der Waals surface area contributed by atoms with E-state index in [0.717, 1.165) is 0 Å². The van der Waals surface area contributed by atoms with Gasteiger partial charge in [0.05, 0.1) is 5.56 Å². The number of ether oxygens (including phenoxy) is 1. The van der Waals surface area contributed by atoms with Gasteiger partial charge in [0.15, 0.2) is 11.9 Å². The summed E-state index contributed by atoms with van der Waals surface area (Å²) in [5, 5.41) is 0. The smallest absolute Gasteiger partial charge is 0.218 e. The second kappa shape index (κ2) is 5.28. The summed E-state index contributed by atoms with van der Waals surface area (Å²) >= 11 is 0. The summed E-state index contributed by atoms with van der Waals surface area (Å²) in [4.78, 5) is 8.14. The highest BCUT2D eigenvalue weighted by Crippen LogP contribution is 2.20. The fourth-order valence-corrected chi connectivity index (χ4v) is 1.40. The van der Waals surface area contributed by atoms with E-state index in [-0.39, 0.29) is 11.6 Å². The fraction of sp³-hybridized carbons (Fsp3) is 0.143. The summed E-state index contributed by atoms with van der Waals surface area (Å²) in [6.07, 6.45) is 6.33. The highest BCUT2D eigenvalue weighted by molar-refractivity contribution is 5.55. The lowest BCUT2D eigenvalue weighted by Crippen LogP contribution is -2.09. The Bertz CT molecular complexity index is 592. The van der Waals surface area contributed by atoms with E-state index in [1.807, 2.05) is 0 Å². The molecule has 1 aromatic heterocycles. The molecular formula is C14H11FN2O. The largest absolute Gasteiger partial charge is 0.461 e. The molecule has 0 N–H and O–H groups in total. The molecule has 4 heteroatoms. The molecule has 18 heavy (non-hydrogen) atoms. The van der Waals surface area contributed by atoms with Crippen LogP contribution in [0.2, 0.25) is 0 Å². The van der Waals surface area contributed by atoms with Gasteiger partial charge in [0.1, 0.15) is 5.82 Å². The van der Waals surface area contributed by atoms with Crippen molar-refractivity contribution in [1.29, 1.82) is 0 Å². The van der Waals surface area contributed by atoms with E-state index in [9.17, 15) is 4.39 Å². The van der Waals surface area contributed by atoms with Crippen molar-refractivity contribution in [3.05, 3.63) is 42.3 Å². The standard InChI is InChI=1S/C14H11FN2O/c1-3-10(2)18-13-8-9-16-14(17-13)11-6-4-5-7-12(11)15/h1,4-10H,2H3. The van der Waals surface area contributed by atoms with Crippen LogP contribution in [0.15, 0.2) is 36.5 Å². The highest BCUT2D eigenvalue weighted by Gasteiger charge is 2.09. The SMILES string of the molecule is C#CC(C)Oc1ccnc(-c2ccccc2F)n1. The number of nitrogens with zero attached hydrogens (tertiary/aromatic N) is 2. The van der Waals surface area contributed by atoms with Crippen molar-refractivity contribution in [2.75, 3.05) is 0 Å². The van der Waals surface area contributed by atoms with E-state index in [2.05, 4.69) is 15.9 Å². The van der Waals surface area contributed by atoms with Crippen LogP contribution >= 0.6 is 0 Å². The topological polar surface area (TPSA) is 35.0 Å². The minimum absolute atomic E-state index is 0.273. The molecule has 90 valence electrons. The quantitative estimate of drug-likeness (QED) is 0.776. The van der Waals surface area contributed by atoms with Crippen LogP contribution in [0, 0.1) is 18.2 Å². The number of terminal acetylenes is 1. The van der Waals surface area contributed by atoms with Crippen molar-refractivity contribution < 1.29 is 9.13 Å². The maximum atomic E-state index is 13.6. The fourth-order valence-electron chi connectivity index (χ4n) is 1.40. The summed E-state index contributed by atoms with van der Waals surface area (Å²) in [6.45, 7) is 1.73. The van der Waals surface area contributed by atoms with Gasteiger partial charge in [-0.15, -0.1) is 6.42 Å². The summed E-state index contributed by atoms with van der Waals surface area (Å²) in [5.41, 5.74) is 0.330. The molecule has 0 aliphatic rings. The van der Waals surface area contributed by atoms with Crippen molar-refractivity contribution in [2.24, 2.45) is 0 Å². The van der Waals surface area contributed by atoms with Crippen molar-refractivity contribution in [1.82, 2.24) is 9.97 Å². The predicted molar refractivity (Wildman–Crippen MR) is 66.3 cm³/mol. The van der Waals surface area contributed by atoms with Gasteiger partial charge in [-0.3, -0.25) is 0 Å². The van der Waals surface area contributed by atoms with E-state index < -0.39 is 6.10 Å². The summed E-state index contributed by atoms with van der Waals surface area (Å²) < 4.78 is 18.9. The number of hydrogen-bond donors (Lipinski definition) is 0. The monoisotopic (exact) mass is 242 g/mol. The van der Waals surface area contributed by atoms with Crippen molar-refractivity contribution in [3.8, 4) is 29.6 Å². The predicted octanol–water partition coefficient (Wildman–Crippen LogP) is 2.68. The minimum Gasteiger partial charge on any atom is -0.461 e. The minimum atomic E-state index is -0.395. The van der Waals surface area contributed by atoms with Gasteiger partial charge in [0.2, 0.25) is 5.88 Å². The Morgan fingerprint density at radius 3 is 2.83 bits per heavy atom. The Hall–Kier alpha value is -2.41. The second-order valence-corrected chi connectivity index (χ2v) is 3.63. The zero-order valence-electron chi connectivity index (χ0n) is 9.80. The van der Waals surface area contributed by atoms with Crippen LogP contribution in [-0.4, -0.2) is 16.1 Å². The third-order valence-electron chi connectivity index (χ3n) is 2.28. The van der Waals surface area contributed by atoms with Gasteiger partial charge in [-0.1, -0.05) is 18.1 Å². The van der Waals surface area contributed by atoms with Crippen LogP contribution < -0.4 is 4.74 Å². The molecule has 0 aliphatic heterocycles. The highest BCUT2D eigenvalue weighted by atomic mass is 19.1. The lowest BCUT2D eigenvalue weighted by Gasteiger charge is -2.08. The number of halogens is 1. The van der Waals surface area contributed by atoms with E-state index in [0.29, 0.717) is 11.4 Å². The average molecular weight is 242 g/mol. The van der Waals surface area contributed by atoms with Crippen LogP contribution in [-0.2, 0) is 0 Å². The van der Waals surface area contributed by atoms with E-state index in [4.69, 9.17) is 11.2 Å². The number of aromatic nitrogens is 2. The van der Waals surface area contributed by atoms with Crippen molar-refractivity contribution in [2.45, 2.75) is 13.0 Å². The Balaban J connectivity index is 2.34. The normalized spacial score (nSPS) is 11.6. The van der Waals surface area contributed by atoms with Gasteiger partial charge in [-0.25, -0.2) is 9.37 Å². The molecule has 0 radical (unpaired) electrons. The number of benzene rings is 1. The average Bonchev–Trinajstić information content (AvgIpc) is 2.39. The van der Waals surface area contributed by atoms with Gasteiger partial charge >= 0.3 is 0 Å². The van der Waals surface area contributed by atoms with Crippen molar-refractivity contribution >= 4 is 0 Å². The van der Waals surface area contributed by atoms with Crippen LogP contribution in [0.5, 0.6) is 5.88 Å². The molecule has 1 aromatic carbocycles. The lowest BCUT2D eigenvalue weighted by molar-refractivity contribution is 0.268. The van der Waals surface area contributed by atoms with E-state index in [1.165, 1.54) is 12.3 Å². The third-order valence-corrected chi connectivity index (χ3v) is 2.28. The Kier molecular flexibility index (Phi) is 3.54. The van der Waals surface area contributed by atoms with Crippen LogP contribution in [0.4, 0.5) is 4.39 Å². The Morgan fingerprint density at radius 1 is 1.33 bits per heavy atom. The summed E-state index contributed by atoms with van der Waals surface area (Å²) in [7, 11) is 0. The summed E-state index contributed by atoms with van der Waals surface area (Å²) in [5.74, 6) is 2.65. The van der Waals surface area contributed by atoms with Crippen molar-refractivity contribution in [3.63, 3.8) is 0 Å². The molecule has 2 rings (SSSR count). The number of rotatable bonds is 3. The molecule has 0 aliphatic carbocycles. The van der Waals surface area contributed by atoms with E-state index in [1.54, 1.807) is 31.2 Å². The molecule has 1 heterocycles. The summed E-state index contributed by atoms with van der Waals surface area (Å²) in [6, 6.07) is 7.88. The Morgan fingerprint density at radius 2 is 2.11 bits per heavy atom. The van der Waals surface area contributed by atoms with Gasteiger partial charge in [0, 0.05) is 12.3 Å². The van der Waals surface area contributed by atoms with Crippen LogP contribution in [0.1, 0.15) is 6.92 Å². The van der Waals surface area contributed by atoms with Crippen LogP contribution in [0.25, 0.3) is 11.4 Å². The maximum Gasteiger partial charge on any atom is 0.218 e. The molecule has 1 atom stereocenters. The molecule has 3 nitrogen and oxygen atoms in total. The zero-order valence-corrected chi connectivity index (χ0v) is 9.80. The van der Waals surface area contributed by atoms with Crippen LogP contribution in [0.3, 0.4) is 0 Å². The first-order valence-electron chi connectivity index (χ1n) is 5.41. The number of hydrogen-bond acceptors (Lipinski definition) is 3. The molecule has 1 unspecified atom stereocenters. The zero-order chi connectivity index (χ0) is 13.0. The second-order valence-electron chi connectivity index (χ2n) is 3.63. The molecule has 2 aromatic rings. The first-order chi connectivity index (χ1) is 8.70. The molecule has 0 spiro atoms. The first-order valence-corrected chi connectivity index (χ1v) is 5.41. The molecular weight excluding hydrogens is 231 g/mol. The molecule has 0 saturated heterocycles. The van der Waals surface area contributed by atoms with Gasteiger partial charge in [-0.2, -0.15) is 4.98 Å². The van der Waals surface area contributed by atoms with Gasteiger partial charge < -0.3 is 4.74 Å². The molecule has 0 bridgehead atoms. The molecule has 0 amide bonds. The maximum absolute atomic E-state index is 13.6. The third kappa shape index (κ3) is 2.64. The Labute approximate surface area is 105 Å².